The fraction of sp³-hybridized carbons (Fsp3) is 0. The number of phenolic OH excluding ortho intramolecular Hbond substituents is 2. The number of rotatable bonds is 0. The molecule has 1 aromatic heterocycles. The lowest BCUT2D eigenvalue weighted by molar-refractivity contribution is 0.404. The van der Waals surface area contributed by atoms with Gasteiger partial charge in [-0.15, -0.1) is 0 Å². The van der Waals surface area contributed by atoms with E-state index >= 15 is 0 Å². The van der Waals surface area contributed by atoms with Gasteiger partial charge in [-0.05, 0) is 44.0 Å². The lowest BCUT2D eigenvalue weighted by Gasteiger charge is -2.05. The van der Waals surface area contributed by atoms with Crippen molar-refractivity contribution in [2.24, 2.45) is 0 Å². The van der Waals surface area contributed by atoms with Crippen LogP contribution in [0, 0.1) is 0 Å². The number of halogens is 2. The van der Waals surface area contributed by atoms with Gasteiger partial charge in [-0.3, -0.25) is 0 Å². The van der Waals surface area contributed by atoms with E-state index in [0.717, 1.165) is 8.95 Å². The minimum absolute atomic E-state index is 0.206. The summed E-state index contributed by atoms with van der Waals surface area (Å²) in [7, 11) is 0. The van der Waals surface area contributed by atoms with E-state index in [4.69, 9.17) is 0 Å². The van der Waals surface area contributed by atoms with Crippen molar-refractivity contribution in [2.75, 3.05) is 0 Å². The largest absolute Gasteiger partial charge is 0.504 e. The van der Waals surface area contributed by atoms with Crippen LogP contribution in [-0.2, 0) is 0 Å². The average Bonchev–Trinajstić information content (AvgIpc) is 2.34. The molecule has 2 N–H and O–H groups in total. The second kappa shape index (κ2) is 4.07. The van der Waals surface area contributed by atoms with Crippen molar-refractivity contribution in [1.29, 1.82) is 0 Å². The Morgan fingerprint density at radius 2 is 1.17 bits per heavy atom. The standard InChI is InChI=1S/C12H6Br2N2O2/c13-5-1-2-6(14)12-11(5)15-7-3-9(17)10(18)4-8(7)16-12/h1-4,17-18H. The molecule has 0 saturated carbocycles. The maximum atomic E-state index is 9.47. The van der Waals surface area contributed by atoms with E-state index in [-0.39, 0.29) is 11.5 Å². The van der Waals surface area contributed by atoms with Gasteiger partial charge in [-0.25, -0.2) is 9.97 Å². The molecule has 0 spiro atoms. The van der Waals surface area contributed by atoms with Crippen LogP contribution in [0.4, 0.5) is 0 Å². The smallest absolute Gasteiger partial charge is 0.159 e. The first-order chi connectivity index (χ1) is 8.56. The lowest BCUT2D eigenvalue weighted by atomic mass is 10.2. The van der Waals surface area contributed by atoms with Crippen molar-refractivity contribution in [1.82, 2.24) is 9.97 Å². The van der Waals surface area contributed by atoms with Crippen LogP contribution >= 0.6 is 31.9 Å². The summed E-state index contributed by atoms with van der Waals surface area (Å²) >= 11 is 6.83. The molecule has 3 rings (SSSR count). The van der Waals surface area contributed by atoms with Crippen LogP contribution < -0.4 is 0 Å². The van der Waals surface area contributed by atoms with Gasteiger partial charge in [-0.1, -0.05) is 0 Å². The third-order valence-electron chi connectivity index (χ3n) is 2.59. The van der Waals surface area contributed by atoms with Gasteiger partial charge in [-0.2, -0.15) is 0 Å². The summed E-state index contributed by atoms with van der Waals surface area (Å²) < 4.78 is 1.64. The number of aromatic hydroxyl groups is 2. The Labute approximate surface area is 119 Å². The van der Waals surface area contributed by atoms with E-state index in [1.807, 2.05) is 12.1 Å². The fourth-order valence-corrected chi connectivity index (χ4v) is 2.54. The number of hydrogen-bond donors (Lipinski definition) is 2. The van der Waals surface area contributed by atoms with E-state index in [2.05, 4.69) is 41.8 Å². The highest BCUT2D eigenvalue weighted by Gasteiger charge is 2.10. The van der Waals surface area contributed by atoms with Crippen LogP contribution in [0.5, 0.6) is 11.5 Å². The number of benzene rings is 2. The molecule has 0 bridgehead atoms. The minimum atomic E-state index is -0.206. The molecular formula is C12H6Br2N2O2. The Balaban J connectivity index is 2.51. The number of fused-ring (bicyclic) bond motifs is 2. The van der Waals surface area contributed by atoms with Gasteiger partial charge in [0.05, 0.1) is 11.0 Å². The fourth-order valence-electron chi connectivity index (χ4n) is 1.72. The maximum absolute atomic E-state index is 9.47. The van der Waals surface area contributed by atoms with Crippen molar-refractivity contribution < 1.29 is 10.2 Å². The van der Waals surface area contributed by atoms with Gasteiger partial charge < -0.3 is 10.2 Å². The topological polar surface area (TPSA) is 66.2 Å². The molecule has 4 nitrogen and oxygen atoms in total. The Bertz CT molecular complexity index is 724. The average molecular weight is 370 g/mol. The maximum Gasteiger partial charge on any atom is 0.159 e. The molecule has 0 aliphatic rings. The van der Waals surface area contributed by atoms with Gasteiger partial charge in [0, 0.05) is 21.1 Å². The predicted octanol–water partition coefficient (Wildman–Crippen LogP) is 3.72. The molecule has 0 fully saturated rings. The van der Waals surface area contributed by atoms with Crippen molar-refractivity contribution in [2.45, 2.75) is 0 Å². The normalized spacial score (nSPS) is 11.2. The first kappa shape index (κ1) is 11.7. The molecule has 90 valence electrons. The monoisotopic (exact) mass is 368 g/mol. The van der Waals surface area contributed by atoms with Crippen molar-refractivity contribution in [3.05, 3.63) is 33.2 Å². The molecule has 0 atom stereocenters. The zero-order valence-corrected chi connectivity index (χ0v) is 12.0. The number of phenols is 2. The van der Waals surface area contributed by atoms with E-state index in [1.165, 1.54) is 12.1 Å². The summed E-state index contributed by atoms with van der Waals surface area (Å²) in [6, 6.07) is 6.52. The van der Waals surface area contributed by atoms with Gasteiger partial charge in [0.15, 0.2) is 11.5 Å². The molecule has 0 radical (unpaired) electrons. The first-order valence-corrected chi connectivity index (χ1v) is 6.62. The molecule has 3 aromatic rings. The zero-order chi connectivity index (χ0) is 12.9. The Kier molecular flexibility index (Phi) is 2.64. The van der Waals surface area contributed by atoms with Crippen LogP contribution in [0.1, 0.15) is 0 Å². The minimum Gasteiger partial charge on any atom is -0.504 e. The Morgan fingerprint density at radius 1 is 0.778 bits per heavy atom. The van der Waals surface area contributed by atoms with Crippen LogP contribution in [0.2, 0.25) is 0 Å². The summed E-state index contributed by atoms with van der Waals surface area (Å²) in [5.74, 6) is -0.412. The van der Waals surface area contributed by atoms with Crippen molar-refractivity contribution in [3.63, 3.8) is 0 Å². The Hall–Kier alpha value is -1.40. The van der Waals surface area contributed by atoms with Crippen LogP contribution in [0.15, 0.2) is 33.2 Å². The van der Waals surface area contributed by atoms with E-state index in [1.54, 1.807) is 0 Å². The van der Waals surface area contributed by atoms with E-state index < -0.39 is 0 Å². The third-order valence-corrected chi connectivity index (χ3v) is 3.87. The predicted molar refractivity (Wildman–Crippen MR) is 75.8 cm³/mol. The van der Waals surface area contributed by atoms with Crippen molar-refractivity contribution in [3.8, 4) is 11.5 Å². The zero-order valence-electron chi connectivity index (χ0n) is 8.85. The SMILES string of the molecule is Oc1cc2nc3c(Br)ccc(Br)c3nc2cc1O. The summed E-state index contributed by atoms with van der Waals surface area (Å²) in [5.41, 5.74) is 2.44. The molecule has 0 aliphatic heterocycles. The van der Waals surface area contributed by atoms with Crippen molar-refractivity contribution >= 4 is 53.9 Å². The number of aromatic nitrogens is 2. The molecule has 6 heteroatoms. The summed E-state index contributed by atoms with van der Waals surface area (Å²) in [5, 5.41) is 18.9. The van der Waals surface area contributed by atoms with Crippen LogP contribution in [0.3, 0.4) is 0 Å². The molecule has 2 aromatic carbocycles. The summed E-state index contributed by atoms with van der Waals surface area (Å²) in [6.07, 6.45) is 0. The number of hydrogen-bond acceptors (Lipinski definition) is 4. The third kappa shape index (κ3) is 1.72. The Morgan fingerprint density at radius 3 is 1.56 bits per heavy atom. The highest BCUT2D eigenvalue weighted by Crippen LogP contribution is 2.33. The molecule has 0 amide bonds. The lowest BCUT2D eigenvalue weighted by Crippen LogP contribution is -1.89. The van der Waals surface area contributed by atoms with Gasteiger partial charge in [0.1, 0.15) is 11.0 Å². The molecule has 0 saturated heterocycles. The second-order valence-electron chi connectivity index (χ2n) is 3.78. The highest BCUT2D eigenvalue weighted by atomic mass is 79.9. The van der Waals surface area contributed by atoms with Crippen LogP contribution in [-0.4, -0.2) is 20.2 Å². The van der Waals surface area contributed by atoms with Crippen LogP contribution in [0.25, 0.3) is 22.1 Å². The van der Waals surface area contributed by atoms with E-state index in [0.29, 0.717) is 22.1 Å². The molecular weight excluding hydrogens is 364 g/mol. The van der Waals surface area contributed by atoms with Gasteiger partial charge in [0.2, 0.25) is 0 Å². The number of nitrogens with zero attached hydrogens (tertiary/aromatic N) is 2. The quantitative estimate of drug-likeness (QED) is 0.468. The molecule has 18 heavy (non-hydrogen) atoms. The molecule has 1 heterocycles. The molecule has 0 aliphatic carbocycles. The second-order valence-corrected chi connectivity index (χ2v) is 5.49. The summed E-state index contributed by atoms with van der Waals surface area (Å²) in [6.45, 7) is 0. The molecule has 0 unspecified atom stereocenters. The highest BCUT2D eigenvalue weighted by molar-refractivity contribution is 9.11. The van der Waals surface area contributed by atoms with E-state index in [9.17, 15) is 10.2 Å². The summed E-state index contributed by atoms with van der Waals surface area (Å²) in [4.78, 5) is 8.86. The first-order valence-electron chi connectivity index (χ1n) is 5.03. The van der Waals surface area contributed by atoms with Gasteiger partial charge in [0.25, 0.3) is 0 Å². The van der Waals surface area contributed by atoms with Gasteiger partial charge >= 0.3 is 0 Å².